The van der Waals surface area contributed by atoms with Gasteiger partial charge in [-0.1, -0.05) is 5.16 Å². The molecule has 0 amide bonds. The molecule has 0 unspecified atom stereocenters. The Balaban J connectivity index is 2.85. The molecule has 0 saturated heterocycles. The smallest absolute Gasteiger partial charge is 0.255 e. The number of hydrogen-bond acceptors (Lipinski definition) is 4. The summed E-state index contributed by atoms with van der Waals surface area (Å²) in [5.74, 6) is 0. The van der Waals surface area contributed by atoms with Gasteiger partial charge in [-0.15, -0.1) is 0 Å². The summed E-state index contributed by atoms with van der Waals surface area (Å²) in [6, 6.07) is 1.71. The van der Waals surface area contributed by atoms with Gasteiger partial charge in [-0.2, -0.15) is 0 Å². The molecule has 2 aromatic heterocycles. The van der Waals surface area contributed by atoms with Gasteiger partial charge >= 0.3 is 0 Å². The van der Waals surface area contributed by atoms with E-state index in [0.717, 1.165) is 11.1 Å². The Morgan fingerprint density at radius 1 is 1.69 bits per heavy atom. The predicted molar refractivity (Wildman–Crippen MR) is 47.3 cm³/mol. The Bertz CT molecular complexity index is 498. The lowest BCUT2D eigenvalue weighted by Crippen LogP contribution is -2.15. The molecular formula is C8H9N3O2. The molecule has 0 atom stereocenters. The third kappa shape index (κ3) is 1.13. The summed E-state index contributed by atoms with van der Waals surface area (Å²) >= 11 is 0. The van der Waals surface area contributed by atoms with E-state index in [1.165, 1.54) is 0 Å². The third-order valence-corrected chi connectivity index (χ3v) is 1.97. The molecular weight excluding hydrogens is 170 g/mol. The fourth-order valence-corrected chi connectivity index (χ4v) is 1.21. The van der Waals surface area contributed by atoms with E-state index < -0.39 is 0 Å². The summed E-state index contributed by atoms with van der Waals surface area (Å²) in [6.07, 6.45) is 0. The van der Waals surface area contributed by atoms with Gasteiger partial charge in [-0.05, 0) is 13.0 Å². The van der Waals surface area contributed by atoms with Crippen LogP contribution in [0.15, 0.2) is 15.4 Å². The van der Waals surface area contributed by atoms with Gasteiger partial charge in [0.25, 0.3) is 5.56 Å². The van der Waals surface area contributed by atoms with Crippen molar-refractivity contribution >= 4 is 11.1 Å². The molecule has 2 heterocycles. The van der Waals surface area contributed by atoms with Gasteiger partial charge in [-0.3, -0.25) is 9.78 Å². The average molecular weight is 179 g/mol. The number of nitrogens with one attached hydrogen (secondary N) is 1. The number of fused-ring (bicyclic) bond motifs is 1. The molecule has 5 heteroatoms. The predicted octanol–water partition coefficient (Wildman–Crippen LogP) is 0.283. The second kappa shape index (κ2) is 2.70. The molecule has 0 spiro atoms. The molecule has 0 aromatic carbocycles. The van der Waals surface area contributed by atoms with Crippen molar-refractivity contribution in [3.05, 3.63) is 27.7 Å². The van der Waals surface area contributed by atoms with Crippen LogP contribution in [-0.2, 0) is 6.54 Å². The monoisotopic (exact) mass is 179 g/mol. The topological polar surface area (TPSA) is 84.9 Å². The highest BCUT2D eigenvalue weighted by Crippen LogP contribution is 2.14. The van der Waals surface area contributed by atoms with Crippen LogP contribution in [0.2, 0.25) is 0 Å². The van der Waals surface area contributed by atoms with Gasteiger partial charge in [0.1, 0.15) is 0 Å². The fourth-order valence-electron chi connectivity index (χ4n) is 1.21. The van der Waals surface area contributed by atoms with Crippen LogP contribution >= 0.6 is 0 Å². The van der Waals surface area contributed by atoms with Gasteiger partial charge in [0, 0.05) is 12.1 Å². The zero-order valence-corrected chi connectivity index (χ0v) is 7.13. The van der Waals surface area contributed by atoms with E-state index in [4.69, 9.17) is 10.3 Å². The second-order valence-electron chi connectivity index (χ2n) is 2.84. The first-order chi connectivity index (χ1) is 6.22. The van der Waals surface area contributed by atoms with E-state index >= 15 is 0 Å². The normalized spacial score (nSPS) is 10.9. The van der Waals surface area contributed by atoms with Gasteiger partial charge in [0.05, 0.1) is 11.1 Å². The minimum absolute atomic E-state index is 0.217. The van der Waals surface area contributed by atoms with Gasteiger partial charge in [-0.25, -0.2) is 0 Å². The first-order valence-corrected chi connectivity index (χ1v) is 3.90. The van der Waals surface area contributed by atoms with Crippen molar-refractivity contribution in [2.45, 2.75) is 13.5 Å². The Kier molecular flexibility index (Phi) is 1.66. The van der Waals surface area contributed by atoms with Crippen LogP contribution in [0.3, 0.4) is 0 Å². The van der Waals surface area contributed by atoms with E-state index in [1.807, 2.05) is 6.92 Å². The molecule has 0 fully saturated rings. The summed E-state index contributed by atoms with van der Waals surface area (Å²) in [5.41, 5.74) is 6.87. The van der Waals surface area contributed by atoms with Crippen molar-refractivity contribution in [3.63, 3.8) is 0 Å². The lowest BCUT2D eigenvalue weighted by molar-refractivity contribution is 0.442. The zero-order chi connectivity index (χ0) is 9.42. The van der Waals surface area contributed by atoms with Crippen LogP contribution in [-0.4, -0.2) is 10.1 Å². The molecule has 0 bridgehead atoms. The fraction of sp³-hybridized carbons (Fsp3) is 0.250. The molecule has 13 heavy (non-hydrogen) atoms. The highest BCUT2D eigenvalue weighted by molar-refractivity contribution is 5.75. The number of aromatic amines is 1. The maximum absolute atomic E-state index is 11.3. The van der Waals surface area contributed by atoms with Crippen LogP contribution in [0.5, 0.6) is 0 Å². The number of rotatable bonds is 1. The molecule has 0 aliphatic heterocycles. The minimum Gasteiger partial charge on any atom is -0.338 e. The van der Waals surface area contributed by atoms with Crippen molar-refractivity contribution in [2.75, 3.05) is 0 Å². The Labute approximate surface area is 73.5 Å². The quantitative estimate of drug-likeness (QED) is 0.658. The lowest BCUT2D eigenvalue weighted by Gasteiger charge is -1.93. The number of hydrogen-bond donors (Lipinski definition) is 2. The number of aromatic nitrogens is 2. The van der Waals surface area contributed by atoms with Crippen molar-refractivity contribution in [1.29, 1.82) is 0 Å². The molecule has 68 valence electrons. The maximum Gasteiger partial charge on any atom is 0.255 e. The van der Waals surface area contributed by atoms with Crippen molar-refractivity contribution in [3.8, 4) is 0 Å². The zero-order valence-electron chi connectivity index (χ0n) is 7.13. The number of pyridine rings is 1. The van der Waals surface area contributed by atoms with E-state index in [2.05, 4.69) is 10.1 Å². The lowest BCUT2D eigenvalue weighted by atomic mass is 10.2. The molecule has 2 aromatic rings. The van der Waals surface area contributed by atoms with E-state index in [-0.39, 0.29) is 12.1 Å². The number of nitrogens with zero attached hydrogens (tertiary/aromatic N) is 1. The van der Waals surface area contributed by atoms with Crippen LogP contribution in [0.1, 0.15) is 11.3 Å². The molecule has 0 aliphatic carbocycles. The first kappa shape index (κ1) is 8.00. The van der Waals surface area contributed by atoms with Crippen LogP contribution < -0.4 is 11.3 Å². The Hall–Kier alpha value is -1.62. The van der Waals surface area contributed by atoms with Crippen molar-refractivity contribution < 1.29 is 4.52 Å². The highest BCUT2D eigenvalue weighted by Gasteiger charge is 2.07. The van der Waals surface area contributed by atoms with E-state index in [0.29, 0.717) is 11.3 Å². The summed E-state index contributed by atoms with van der Waals surface area (Å²) in [5, 5.41) is 4.53. The maximum atomic E-state index is 11.3. The standard InChI is InChI=1S/C8H9N3O2/c1-4-6-2-5(3-9)7(12)10-8(6)13-11-4/h2H,3,9H2,1H3,(H,10,12). The SMILES string of the molecule is Cc1noc2[nH]c(=O)c(CN)cc12. The summed E-state index contributed by atoms with van der Waals surface area (Å²) in [6.45, 7) is 2.03. The Morgan fingerprint density at radius 3 is 3.15 bits per heavy atom. The first-order valence-electron chi connectivity index (χ1n) is 3.90. The number of aryl methyl sites for hydroxylation is 1. The molecule has 3 N–H and O–H groups in total. The van der Waals surface area contributed by atoms with Gasteiger partial charge in [0.15, 0.2) is 0 Å². The molecule has 0 aliphatic rings. The largest absolute Gasteiger partial charge is 0.338 e. The second-order valence-corrected chi connectivity index (χ2v) is 2.84. The summed E-state index contributed by atoms with van der Waals surface area (Å²) in [7, 11) is 0. The average Bonchev–Trinajstić information content (AvgIpc) is 2.46. The molecule has 2 rings (SSSR count). The molecule has 5 nitrogen and oxygen atoms in total. The van der Waals surface area contributed by atoms with Gasteiger partial charge < -0.3 is 10.3 Å². The van der Waals surface area contributed by atoms with E-state index in [1.54, 1.807) is 6.07 Å². The summed E-state index contributed by atoms with van der Waals surface area (Å²) in [4.78, 5) is 13.8. The molecule has 0 saturated carbocycles. The third-order valence-electron chi connectivity index (χ3n) is 1.97. The minimum atomic E-state index is -0.217. The highest BCUT2D eigenvalue weighted by atomic mass is 16.5. The van der Waals surface area contributed by atoms with Crippen LogP contribution in [0.25, 0.3) is 11.1 Å². The summed E-state index contributed by atoms with van der Waals surface area (Å²) < 4.78 is 4.88. The molecule has 0 radical (unpaired) electrons. The Morgan fingerprint density at radius 2 is 2.46 bits per heavy atom. The van der Waals surface area contributed by atoms with Crippen molar-refractivity contribution in [1.82, 2.24) is 10.1 Å². The van der Waals surface area contributed by atoms with Crippen LogP contribution in [0, 0.1) is 6.92 Å². The number of H-pyrrole nitrogens is 1. The van der Waals surface area contributed by atoms with Crippen LogP contribution in [0.4, 0.5) is 0 Å². The van der Waals surface area contributed by atoms with Gasteiger partial charge in [0.2, 0.25) is 5.71 Å². The number of nitrogens with two attached hydrogens (primary N) is 1. The van der Waals surface area contributed by atoms with Crippen molar-refractivity contribution in [2.24, 2.45) is 5.73 Å². The van der Waals surface area contributed by atoms with E-state index in [9.17, 15) is 4.79 Å².